The van der Waals surface area contributed by atoms with E-state index >= 15 is 0 Å². The molecular formula is C15H12N2O3. The molecule has 0 bridgehead atoms. The van der Waals surface area contributed by atoms with Crippen molar-refractivity contribution in [3.8, 4) is 0 Å². The van der Waals surface area contributed by atoms with Crippen LogP contribution in [0.4, 0.5) is 5.69 Å². The zero-order valence-electron chi connectivity index (χ0n) is 10.5. The van der Waals surface area contributed by atoms with Gasteiger partial charge in [-0.05, 0) is 17.2 Å². The van der Waals surface area contributed by atoms with Crippen LogP contribution in [0.25, 0.3) is 12.2 Å². The fourth-order valence-corrected chi connectivity index (χ4v) is 1.77. The maximum absolute atomic E-state index is 11.4. The molecule has 0 unspecified atom stereocenters. The van der Waals surface area contributed by atoms with E-state index < -0.39 is 10.8 Å². The van der Waals surface area contributed by atoms with Gasteiger partial charge < -0.3 is 5.73 Å². The zero-order valence-corrected chi connectivity index (χ0v) is 10.5. The van der Waals surface area contributed by atoms with Crippen molar-refractivity contribution < 1.29 is 9.72 Å². The van der Waals surface area contributed by atoms with Crippen molar-refractivity contribution >= 4 is 23.7 Å². The van der Waals surface area contributed by atoms with Gasteiger partial charge in [0, 0.05) is 12.1 Å². The third-order valence-electron chi connectivity index (χ3n) is 2.77. The number of carbonyl (C=O) groups excluding carboxylic acids is 1. The Morgan fingerprint density at radius 3 is 2.40 bits per heavy atom. The molecule has 0 aliphatic rings. The van der Waals surface area contributed by atoms with E-state index in [0.29, 0.717) is 5.56 Å². The summed E-state index contributed by atoms with van der Waals surface area (Å²) >= 11 is 0. The number of nitrogens with two attached hydrogens (primary N) is 1. The Morgan fingerprint density at radius 1 is 1.10 bits per heavy atom. The molecule has 20 heavy (non-hydrogen) atoms. The van der Waals surface area contributed by atoms with Crippen LogP contribution in [0.15, 0.2) is 48.5 Å². The third-order valence-corrected chi connectivity index (χ3v) is 2.77. The maximum atomic E-state index is 11.4. The highest BCUT2D eigenvalue weighted by Gasteiger charge is 2.12. The van der Waals surface area contributed by atoms with E-state index in [4.69, 9.17) is 5.73 Å². The topological polar surface area (TPSA) is 86.2 Å². The van der Waals surface area contributed by atoms with Gasteiger partial charge in [0.2, 0.25) is 5.91 Å². The molecule has 0 heterocycles. The lowest BCUT2D eigenvalue weighted by Crippen LogP contribution is -2.12. The predicted octanol–water partition coefficient (Wildman–Crippen LogP) is 2.86. The van der Waals surface area contributed by atoms with Crippen molar-refractivity contribution in [1.82, 2.24) is 0 Å². The van der Waals surface area contributed by atoms with E-state index in [0.717, 1.165) is 5.56 Å². The minimum Gasteiger partial charge on any atom is -0.366 e. The lowest BCUT2D eigenvalue weighted by Gasteiger charge is -2.02. The van der Waals surface area contributed by atoms with Crippen LogP contribution in [0.5, 0.6) is 0 Å². The normalized spacial score (nSPS) is 10.6. The fourth-order valence-electron chi connectivity index (χ4n) is 1.77. The van der Waals surface area contributed by atoms with Crippen molar-refractivity contribution in [1.29, 1.82) is 0 Å². The minimum absolute atomic E-state index is 0.131. The first kappa shape index (κ1) is 13.5. The molecule has 0 saturated heterocycles. The van der Waals surface area contributed by atoms with Crippen molar-refractivity contribution in [2.24, 2.45) is 5.73 Å². The molecule has 2 aromatic carbocycles. The van der Waals surface area contributed by atoms with E-state index in [1.54, 1.807) is 6.08 Å². The molecule has 0 aliphatic heterocycles. The van der Waals surface area contributed by atoms with Crippen LogP contribution in [0, 0.1) is 10.1 Å². The summed E-state index contributed by atoms with van der Waals surface area (Å²) in [5, 5.41) is 10.7. The van der Waals surface area contributed by atoms with Crippen LogP contribution in [-0.4, -0.2) is 10.8 Å². The van der Waals surface area contributed by atoms with Gasteiger partial charge in [0.05, 0.1) is 10.5 Å². The summed E-state index contributed by atoms with van der Waals surface area (Å²) < 4.78 is 0. The van der Waals surface area contributed by atoms with Gasteiger partial charge in [0.25, 0.3) is 5.69 Å². The summed E-state index contributed by atoms with van der Waals surface area (Å²) in [6.07, 6.45) is 3.52. The Hall–Kier alpha value is -2.95. The highest BCUT2D eigenvalue weighted by atomic mass is 16.6. The minimum atomic E-state index is -0.693. The van der Waals surface area contributed by atoms with E-state index in [2.05, 4.69) is 0 Å². The van der Waals surface area contributed by atoms with Crippen molar-refractivity contribution in [2.45, 2.75) is 0 Å². The summed E-state index contributed by atoms with van der Waals surface area (Å²) in [6.45, 7) is 0. The molecule has 2 aromatic rings. The number of nitrogens with zero attached hydrogens (tertiary/aromatic N) is 1. The summed E-state index contributed by atoms with van der Waals surface area (Å²) in [5.74, 6) is -0.693. The van der Waals surface area contributed by atoms with Gasteiger partial charge in [-0.1, -0.05) is 42.5 Å². The van der Waals surface area contributed by atoms with Crippen LogP contribution >= 0.6 is 0 Å². The van der Waals surface area contributed by atoms with Gasteiger partial charge in [0.15, 0.2) is 0 Å². The number of nitro benzene ring substituents is 1. The van der Waals surface area contributed by atoms with Gasteiger partial charge in [-0.15, -0.1) is 0 Å². The van der Waals surface area contributed by atoms with Gasteiger partial charge in [-0.25, -0.2) is 0 Å². The SMILES string of the molecule is NC(=O)c1cc([N+](=O)[O-])ccc1C=Cc1ccccc1. The second kappa shape index (κ2) is 5.79. The highest BCUT2D eigenvalue weighted by Crippen LogP contribution is 2.19. The summed E-state index contributed by atoms with van der Waals surface area (Å²) in [5.41, 5.74) is 6.74. The van der Waals surface area contributed by atoms with Gasteiger partial charge in [-0.3, -0.25) is 14.9 Å². The number of nitro groups is 1. The molecule has 0 aromatic heterocycles. The van der Waals surface area contributed by atoms with Gasteiger partial charge in [-0.2, -0.15) is 0 Å². The van der Waals surface area contributed by atoms with E-state index in [9.17, 15) is 14.9 Å². The summed E-state index contributed by atoms with van der Waals surface area (Å²) in [7, 11) is 0. The highest BCUT2D eigenvalue weighted by molar-refractivity contribution is 5.98. The second-order valence-corrected chi connectivity index (χ2v) is 4.14. The largest absolute Gasteiger partial charge is 0.366 e. The fraction of sp³-hybridized carbons (Fsp3) is 0. The molecular weight excluding hydrogens is 256 g/mol. The molecule has 5 heteroatoms. The third kappa shape index (κ3) is 3.08. The van der Waals surface area contributed by atoms with Crippen LogP contribution in [-0.2, 0) is 0 Å². The number of hydrogen-bond donors (Lipinski definition) is 1. The summed E-state index contributed by atoms with van der Waals surface area (Å²) in [6, 6.07) is 13.5. The number of amides is 1. The first-order chi connectivity index (χ1) is 9.58. The quantitative estimate of drug-likeness (QED) is 0.525. The predicted molar refractivity (Wildman–Crippen MR) is 77.0 cm³/mol. The number of benzene rings is 2. The van der Waals surface area contributed by atoms with Gasteiger partial charge >= 0.3 is 0 Å². The molecule has 1 amide bonds. The molecule has 5 nitrogen and oxygen atoms in total. The molecule has 100 valence electrons. The molecule has 0 spiro atoms. The molecule has 0 saturated carbocycles. The van der Waals surface area contributed by atoms with Crippen LogP contribution in [0.3, 0.4) is 0 Å². The molecule has 0 aliphatic carbocycles. The number of non-ortho nitro benzene ring substituents is 1. The Labute approximate surface area is 115 Å². The summed E-state index contributed by atoms with van der Waals surface area (Å²) in [4.78, 5) is 21.5. The smallest absolute Gasteiger partial charge is 0.270 e. The zero-order chi connectivity index (χ0) is 14.5. The Morgan fingerprint density at radius 2 is 1.80 bits per heavy atom. The van der Waals surface area contributed by atoms with E-state index in [-0.39, 0.29) is 11.3 Å². The second-order valence-electron chi connectivity index (χ2n) is 4.14. The van der Waals surface area contributed by atoms with Crippen molar-refractivity contribution in [3.05, 3.63) is 75.3 Å². The van der Waals surface area contributed by atoms with Gasteiger partial charge in [0.1, 0.15) is 0 Å². The standard InChI is InChI=1S/C15H12N2O3/c16-15(18)14-10-13(17(19)20)9-8-12(14)7-6-11-4-2-1-3-5-11/h1-10H,(H2,16,18). The number of hydrogen-bond acceptors (Lipinski definition) is 3. The first-order valence-corrected chi connectivity index (χ1v) is 5.89. The van der Waals surface area contributed by atoms with E-state index in [1.165, 1.54) is 18.2 Å². The van der Waals surface area contributed by atoms with Crippen LogP contribution in [0.1, 0.15) is 21.5 Å². The van der Waals surface area contributed by atoms with Crippen LogP contribution in [0.2, 0.25) is 0 Å². The lowest BCUT2D eigenvalue weighted by atomic mass is 10.0. The monoisotopic (exact) mass is 268 g/mol. The molecule has 2 N–H and O–H groups in total. The number of primary amides is 1. The molecule has 2 rings (SSSR count). The van der Waals surface area contributed by atoms with E-state index in [1.807, 2.05) is 36.4 Å². The first-order valence-electron chi connectivity index (χ1n) is 5.89. The average Bonchev–Trinajstić information content (AvgIpc) is 2.45. The Bertz CT molecular complexity index is 679. The lowest BCUT2D eigenvalue weighted by molar-refractivity contribution is -0.384. The Kier molecular flexibility index (Phi) is 3.91. The number of rotatable bonds is 4. The van der Waals surface area contributed by atoms with Crippen LogP contribution < -0.4 is 5.73 Å². The average molecular weight is 268 g/mol. The maximum Gasteiger partial charge on any atom is 0.270 e. The van der Waals surface area contributed by atoms with Crippen molar-refractivity contribution in [3.63, 3.8) is 0 Å². The number of carbonyl (C=O) groups is 1. The molecule has 0 atom stereocenters. The Balaban J connectivity index is 2.39. The molecule has 0 radical (unpaired) electrons. The molecule has 0 fully saturated rings. The van der Waals surface area contributed by atoms with Crippen molar-refractivity contribution in [2.75, 3.05) is 0 Å².